The second-order valence-corrected chi connectivity index (χ2v) is 8.68. The van der Waals surface area contributed by atoms with Crippen molar-refractivity contribution in [3.05, 3.63) is 52.7 Å². The maximum atomic E-state index is 12.7. The van der Waals surface area contributed by atoms with Gasteiger partial charge in [-0.3, -0.25) is 0 Å². The van der Waals surface area contributed by atoms with Crippen molar-refractivity contribution in [1.29, 1.82) is 0 Å². The molecule has 24 heavy (non-hydrogen) atoms. The molecule has 1 aliphatic heterocycles. The lowest BCUT2D eigenvalue weighted by atomic mass is 10.1. The van der Waals surface area contributed by atoms with E-state index < -0.39 is 10.0 Å². The molecule has 0 aliphatic carbocycles. The molecule has 0 spiro atoms. The van der Waals surface area contributed by atoms with Gasteiger partial charge in [-0.15, -0.1) is 11.3 Å². The van der Waals surface area contributed by atoms with Crippen molar-refractivity contribution in [2.24, 2.45) is 0 Å². The molecule has 0 bridgehead atoms. The first-order chi connectivity index (χ1) is 11.6. The summed E-state index contributed by atoms with van der Waals surface area (Å²) in [4.78, 5) is 2.88. The van der Waals surface area contributed by atoms with Gasteiger partial charge in [0.2, 0.25) is 10.0 Å². The van der Waals surface area contributed by atoms with Crippen molar-refractivity contribution in [1.82, 2.24) is 4.72 Å². The first-order valence-electron chi connectivity index (χ1n) is 8.11. The molecule has 2 heterocycles. The normalized spacial score (nSPS) is 19.0. The van der Waals surface area contributed by atoms with Crippen molar-refractivity contribution >= 4 is 21.4 Å². The lowest BCUT2D eigenvalue weighted by Crippen LogP contribution is -3.15. The van der Waals surface area contributed by atoms with Crippen LogP contribution in [0.1, 0.15) is 17.8 Å². The Morgan fingerprint density at radius 1 is 1.12 bits per heavy atom. The number of quaternary nitrogens is 1. The van der Waals surface area contributed by atoms with Gasteiger partial charge in [0.15, 0.2) is 0 Å². The molecule has 1 saturated heterocycles. The van der Waals surface area contributed by atoms with Crippen molar-refractivity contribution in [2.75, 3.05) is 26.3 Å². The average molecular weight is 368 g/mol. The van der Waals surface area contributed by atoms with Gasteiger partial charge >= 0.3 is 0 Å². The molecule has 1 fully saturated rings. The Kier molecular flexibility index (Phi) is 5.68. The van der Waals surface area contributed by atoms with Crippen LogP contribution in [-0.2, 0) is 14.8 Å². The summed E-state index contributed by atoms with van der Waals surface area (Å²) >= 11 is 1.68. The Labute approximate surface area is 147 Å². The molecule has 0 radical (unpaired) electrons. The maximum absolute atomic E-state index is 12.7. The molecule has 0 saturated carbocycles. The molecule has 2 N–H and O–H groups in total. The molecule has 0 unspecified atom stereocenters. The molecule has 1 aliphatic rings. The van der Waals surface area contributed by atoms with Crippen molar-refractivity contribution < 1.29 is 18.1 Å². The first-order valence-corrected chi connectivity index (χ1v) is 10.5. The van der Waals surface area contributed by atoms with Crippen molar-refractivity contribution in [3.8, 4) is 0 Å². The third-order valence-electron chi connectivity index (χ3n) is 4.32. The number of sulfonamides is 1. The predicted molar refractivity (Wildman–Crippen MR) is 94.8 cm³/mol. The number of ether oxygens (including phenoxy) is 1. The molecule has 2 atom stereocenters. The van der Waals surface area contributed by atoms with Crippen LogP contribution in [-0.4, -0.2) is 40.8 Å². The molecular formula is C17H23N2O3S2+. The number of hydrogen-bond acceptors (Lipinski definition) is 4. The molecular weight excluding hydrogens is 344 g/mol. The Balaban J connectivity index is 1.82. The van der Waals surface area contributed by atoms with Gasteiger partial charge in [-0.1, -0.05) is 24.3 Å². The van der Waals surface area contributed by atoms with E-state index >= 15 is 0 Å². The molecule has 7 heteroatoms. The minimum Gasteiger partial charge on any atom is -0.370 e. The van der Waals surface area contributed by atoms with Crippen molar-refractivity contribution in [3.63, 3.8) is 0 Å². The summed E-state index contributed by atoms with van der Waals surface area (Å²) < 4.78 is 33.7. The highest BCUT2D eigenvalue weighted by molar-refractivity contribution is 7.89. The second-order valence-electron chi connectivity index (χ2n) is 5.99. The summed E-state index contributed by atoms with van der Waals surface area (Å²) in [5.74, 6) is 0. The van der Waals surface area contributed by atoms with E-state index in [9.17, 15) is 8.42 Å². The number of nitrogens with one attached hydrogen (secondary N) is 2. The highest BCUT2D eigenvalue weighted by Gasteiger charge is 2.34. The SMILES string of the molecule is C[C@@H](NS(=O)(=O)c1ccccc1)[C@H](c1cccs1)[NH+]1CCOCC1. The quantitative estimate of drug-likeness (QED) is 0.803. The monoisotopic (exact) mass is 367 g/mol. The minimum absolute atomic E-state index is 0.0902. The Morgan fingerprint density at radius 3 is 2.46 bits per heavy atom. The third-order valence-corrected chi connectivity index (χ3v) is 6.85. The molecule has 1 aromatic carbocycles. The van der Waals surface area contributed by atoms with E-state index in [4.69, 9.17) is 4.74 Å². The zero-order valence-electron chi connectivity index (χ0n) is 13.6. The number of thiophene rings is 1. The summed E-state index contributed by atoms with van der Waals surface area (Å²) in [6.45, 7) is 5.16. The van der Waals surface area contributed by atoms with Crippen LogP contribution in [0.15, 0.2) is 52.7 Å². The largest absolute Gasteiger partial charge is 0.370 e. The zero-order chi connectivity index (χ0) is 17.0. The van der Waals surface area contributed by atoms with E-state index in [2.05, 4.69) is 10.8 Å². The predicted octanol–water partition coefficient (Wildman–Crippen LogP) is 1.07. The lowest BCUT2D eigenvalue weighted by molar-refractivity contribution is -0.939. The summed E-state index contributed by atoms with van der Waals surface area (Å²) in [6, 6.07) is 12.5. The molecule has 5 nitrogen and oxygen atoms in total. The number of hydrogen-bond donors (Lipinski definition) is 2. The number of morpholine rings is 1. The Morgan fingerprint density at radius 2 is 1.83 bits per heavy atom. The van der Waals surface area contributed by atoms with E-state index in [1.165, 1.54) is 9.78 Å². The van der Waals surface area contributed by atoms with Crippen LogP contribution >= 0.6 is 11.3 Å². The van der Waals surface area contributed by atoms with E-state index in [1.54, 1.807) is 35.6 Å². The van der Waals surface area contributed by atoms with Crippen LogP contribution in [0.3, 0.4) is 0 Å². The first kappa shape index (κ1) is 17.6. The van der Waals surface area contributed by atoms with Crippen LogP contribution in [0.4, 0.5) is 0 Å². The molecule has 2 aromatic rings. The van der Waals surface area contributed by atoms with Gasteiger partial charge in [-0.05, 0) is 30.5 Å². The standard InChI is InChI=1S/C17H22N2O3S2/c1-14(18-24(20,21)15-6-3-2-4-7-15)17(16-8-5-13-23-16)19-9-11-22-12-10-19/h2-8,13-14,17-18H,9-12H2,1H3/p+1/t14-,17-/m1/s1. The molecule has 0 amide bonds. The van der Waals surface area contributed by atoms with Crippen LogP contribution in [0.2, 0.25) is 0 Å². The van der Waals surface area contributed by atoms with Gasteiger partial charge in [0.25, 0.3) is 0 Å². The smallest absolute Gasteiger partial charge is 0.241 e. The highest BCUT2D eigenvalue weighted by atomic mass is 32.2. The van der Waals surface area contributed by atoms with E-state index in [0.717, 1.165) is 26.3 Å². The number of benzene rings is 1. The van der Waals surface area contributed by atoms with Gasteiger partial charge in [-0.2, -0.15) is 0 Å². The summed E-state index contributed by atoms with van der Waals surface area (Å²) in [5, 5.41) is 2.04. The van der Waals surface area contributed by atoms with Crippen LogP contribution in [0, 0.1) is 0 Å². The topological polar surface area (TPSA) is 59.8 Å². The lowest BCUT2D eigenvalue weighted by Gasteiger charge is -2.34. The summed E-state index contributed by atoms with van der Waals surface area (Å²) in [6.07, 6.45) is 0. The zero-order valence-corrected chi connectivity index (χ0v) is 15.3. The Bertz CT molecular complexity index is 726. The molecule has 130 valence electrons. The fourth-order valence-corrected chi connectivity index (χ4v) is 5.46. The van der Waals surface area contributed by atoms with Gasteiger partial charge in [-0.25, -0.2) is 13.1 Å². The minimum atomic E-state index is -3.52. The van der Waals surface area contributed by atoms with Gasteiger partial charge < -0.3 is 9.64 Å². The molecule has 1 aromatic heterocycles. The van der Waals surface area contributed by atoms with Crippen molar-refractivity contribution in [2.45, 2.75) is 23.9 Å². The van der Waals surface area contributed by atoms with E-state index in [-0.39, 0.29) is 12.1 Å². The molecule has 3 rings (SSSR count). The van der Waals surface area contributed by atoms with E-state index in [1.807, 2.05) is 24.4 Å². The average Bonchev–Trinajstić information content (AvgIpc) is 3.10. The fraction of sp³-hybridized carbons (Fsp3) is 0.412. The van der Waals surface area contributed by atoms with Crippen LogP contribution < -0.4 is 9.62 Å². The van der Waals surface area contributed by atoms with Gasteiger partial charge in [0.1, 0.15) is 19.1 Å². The van der Waals surface area contributed by atoms with Gasteiger partial charge in [0.05, 0.1) is 29.0 Å². The van der Waals surface area contributed by atoms with Crippen LogP contribution in [0.25, 0.3) is 0 Å². The summed E-state index contributed by atoms with van der Waals surface area (Å²) in [7, 11) is -3.52. The Hall–Kier alpha value is -1.25. The maximum Gasteiger partial charge on any atom is 0.241 e. The third kappa shape index (κ3) is 4.04. The van der Waals surface area contributed by atoms with Gasteiger partial charge in [0, 0.05) is 0 Å². The van der Waals surface area contributed by atoms with E-state index in [0.29, 0.717) is 4.90 Å². The fourth-order valence-electron chi connectivity index (χ4n) is 3.19. The van der Waals surface area contributed by atoms with Crippen LogP contribution in [0.5, 0.6) is 0 Å². The highest BCUT2D eigenvalue weighted by Crippen LogP contribution is 2.21. The second kappa shape index (κ2) is 7.76. The number of rotatable bonds is 6. The summed E-state index contributed by atoms with van der Waals surface area (Å²) in [5.41, 5.74) is 0.